The maximum Gasteiger partial charge on any atom is 0.316 e. The Hall–Kier alpha value is -1.26. The SMILES string of the molecule is CC1(CNc2nnc(N)o2)CCC1. The maximum atomic E-state index is 5.28. The van der Waals surface area contributed by atoms with Crippen LogP contribution in [0, 0.1) is 5.41 Å². The number of nitrogens with zero attached hydrogens (tertiary/aromatic N) is 2. The van der Waals surface area contributed by atoms with Crippen molar-refractivity contribution in [2.75, 3.05) is 17.6 Å². The average molecular weight is 182 g/mol. The highest BCUT2D eigenvalue weighted by Crippen LogP contribution is 2.40. The van der Waals surface area contributed by atoms with Crippen LogP contribution in [0.1, 0.15) is 26.2 Å². The third kappa shape index (κ3) is 1.74. The summed E-state index contributed by atoms with van der Waals surface area (Å²) in [6.07, 6.45) is 3.86. The maximum absolute atomic E-state index is 5.28. The van der Waals surface area contributed by atoms with Crippen molar-refractivity contribution in [1.82, 2.24) is 10.2 Å². The van der Waals surface area contributed by atoms with Crippen LogP contribution in [0.15, 0.2) is 4.42 Å². The summed E-state index contributed by atoms with van der Waals surface area (Å²) in [5, 5.41) is 10.4. The van der Waals surface area contributed by atoms with Gasteiger partial charge in [-0.05, 0) is 18.3 Å². The number of rotatable bonds is 3. The molecule has 0 radical (unpaired) electrons. The van der Waals surface area contributed by atoms with Crippen molar-refractivity contribution in [2.45, 2.75) is 26.2 Å². The first kappa shape index (κ1) is 8.34. The molecule has 5 nitrogen and oxygen atoms in total. The van der Waals surface area contributed by atoms with Crippen LogP contribution < -0.4 is 11.1 Å². The quantitative estimate of drug-likeness (QED) is 0.735. The Bertz CT molecular complexity index is 292. The first-order valence-corrected chi connectivity index (χ1v) is 4.51. The highest BCUT2D eigenvalue weighted by atomic mass is 16.4. The van der Waals surface area contributed by atoms with Gasteiger partial charge in [-0.3, -0.25) is 0 Å². The lowest BCUT2D eigenvalue weighted by Gasteiger charge is -2.38. The monoisotopic (exact) mass is 182 g/mol. The van der Waals surface area contributed by atoms with Crippen LogP contribution in [0.25, 0.3) is 0 Å². The van der Waals surface area contributed by atoms with Crippen molar-refractivity contribution in [2.24, 2.45) is 5.41 Å². The van der Waals surface area contributed by atoms with Crippen molar-refractivity contribution in [1.29, 1.82) is 0 Å². The second-order valence-electron chi connectivity index (χ2n) is 3.96. The fourth-order valence-electron chi connectivity index (χ4n) is 1.55. The van der Waals surface area contributed by atoms with Gasteiger partial charge in [0, 0.05) is 6.54 Å². The van der Waals surface area contributed by atoms with Gasteiger partial charge in [0.2, 0.25) is 0 Å². The summed E-state index contributed by atoms with van der Waals surface area (Å²) >= 11 is 0. The van der Waals surface area contributed by atoms with Crippen molar-refractivity contribution >= 4 is 12.0 Å². The van der Waals surface area contributed by atoms with Crippen LogP contribution in [0.5, 0.6) is 0 Å². The fourth-order valence-corrected chi connectivity index (χ4v) is 1.55. The highest BCUT2D eigenvalue weighted by Gasteiger charge is 2.31. The summed E-state index contributed by atoms with van der Waals surface area (Å²) < 4.78 is 4.99. The van der Waals surface area contributed by atoms with Crippen LogP contribution >= 0.6 is 0 Å². The zero-order valence-corrected chi connectivity index (χ0v) is 7.71. The Morgan fingerprint density at radius 3 is 2.77 bits per heavy atom. The standard InChI is InChI=1S/C8H14N4O/c1-8(3-2-4-8)5-10-7-12-11-6(9)13-7/h2-5H2,1H3,(H2,9,11)(H,10,12). The van der Waals surface area contributed by atoms with E-state index in [1.165, 1.54) is 19.3 Å². The molecule has 0 unspecified atom stereocenters. The molecule has 1 aliphatic rings. The van der Waals surface area contributed by atoms with E-state index in [1.807, 2.05) is 0 Å². The third-order valence-corrected chi connectivity index (χ3v) is 2.67. The Morgan fingerprint density at radius 1 is 1.54 bits per heavy atom. The molecule has 2 rings (SSSR count). The lowest BCUT2D eigenvalue weighted by Crippen LogP contribution is -2.33. The molecular formula is C8H14N4O. The summed E-state index contributed by atoms with van der Waals surface area (Å²) in [5.41, 5.74) is 5.69. The number of nitrogens with two attached hydrogens (primary N) is 1. The van der Waals surface area contributed by atoms with E-state index in [0.29, 0.717) is 11.4 Å². The average Bonchev–Trinajstić information content (AvgIpc) is 2.44. The molecule has 1 fully saturated rings. The Balaban J connectivity index is 1.85. The van der Waals surface area contributed by atoms with Gasteiger partial charge in [0.05, 0.1) is 0 Å². The van der Waals surface area contributed by atoms with Gasteiger partial charge in [0.1, 0.15) is 0 Å². The van der Waals surface area contributed by atoms with E-state index in [-0.39, 0.29) is 6.01 Å². The lowest BCUT2D eigenvalue weighted by atomic mass is 9.70. The van der Waals surface area contributed by atoms with Crippen molar-refractivity contribution in [3.63, 3.8) is 0 Å². The molecule has 1 aromatic rings. The van der Waals surface area contributed by atoms with E-state index in [9.17, 15) is 0 Å². The van der Waals surface area contributed by atoms with Crippen LogP contribution in [0.2, 0.25) is 0 Å². The molecule has 0 atom stereocenters. The molecule has 0 aromatic carbocycles. The minimum atomic E-state index is 0.112. The Kier molecular flexibility index (Phi) is 1.86. The Labute approximate surface area is 76.7 Å². The van der Waals surface area contributed by atoms with Gasteiger partial charge in [-0.1, -0.05) is 23.5 Å². The van der Waals surface area contributed by atoms with E-state index < -0.39 is 0 Å². The molecule has 72 valence electrons. The summed E-state index contributed by atoms with van der Waals surface area (Å²) in [7, 11) is 0. The number of aromatic nitrogens is 2. The lowest BCUT2D eigenvalue weighted by molar-refractivity contribution is 0.179. The number of anilines is 2. The van der Waals surface area contributed by atoms with E-state index >= 15 is 0 Å². The molecule has 1 aromatic heterocycles. The second-order valence-corrected chi connectivity index (χ2v) is 3.96. The van der Waals surface area contributed by atoms with Crippen LogP contribution in [0.4, 0.5) is 12.0 Å². The minimum absolute atomic E-state index is 0.112. The molecule has 0 amide bonds. The number of nitrogen functional groups attached to an aromatic ring is 1. The Morgan fingerprint density at radius 2 is 2.31 bits per heavy atom. The van der Waals surface area contributed by atoms with E-state index in [4.69, 9.17) is 10.2 Å². The predicted octanol–water partition coefficient (Wildman–Crippen LogP) is 1.25. The van der Waals surface area contributed by atoms with Gasteiger partial charge in [0.15, 0.2) is 0 Å². The van der Waals surface area contributed by atoms with Crippen molar-refractivity contribution in [3.05, 3.63) is 0 Å². The molecule has 0 bridgehead atoms. The van der Waals surface area contributed by atoms with Gasteiger partial charge in [-0.25, -0.2) is 0 Å². The molecule has 1 heterocycles. The van der Waals surface area contributed by atoms with E-state index in [0.717, 1.165) is 6.54 Å². The van der Waals surface area contributed by atoms with Gasteiger partial charge >= 0.3 is 12.0 Å². The molecule has 0 aliphatic heterocycles. The molecule has 5 heteroatoms. The number of hydrogen-bond acceptors (Lipinski definition) is 5. The van der Waals surface area contributed by atoms with Crippen LogP contribution in [-0.4, -0.2) is 16.7 Å². The van der Waals surface area contributed by atoms with Crippen molar-refractivity contribution < 1.29 is 4.42 Å². The van der Waals surface area contributed by atoms with Gasteiger partial charge in [0.25, 0.3) is 0 Å². The largest absolute Gasteiger partial charge is 0.390 e. The fraction of sp³-hybridized carbons (Fsp3) is 0.750. The third-order valence-electron chi connectivity index (χ3n) is 2.67. The smallest absolute Gasteiger partial charge is 0.316 e. The van der Waals surface area contributed by atoms with Gasteiger partial charge in [-0.15, -0.1) is 0 Å². The molecule has 0 spiro atoms. The normalized spacial score (nSPS) is 19.5. The zero-order valence-electron chi connectivity index (χ0n) is 7.71. The molecule has 1 saturated carbocycles. The molecular weight excluding hydrogens is 168 g/mol. The zero-order chi connectivity index (χ0) is 9.31. The first-order valence-electron chi connectivity index (χ1n) is 4.51. The molecule has 13 heavy (non-hydrogen) atoms. The first-order chi connectivity index (χ1) is 6.18. The van der Waals surface area contributed by atoms with E-state index in [2.05, 4.69) is 22.4 Å². The van der Waals surface area contributed by atoms with E-state index in [1.54, 1.807) is 0 Å². The summed E-state index contributed by atoms with van der Waals surface area (Å²) in [6, 6.07) is 0.534. The molecule has 1 aliphatic carbocycles. The predicted molar refractivity (Wildman–Crippen MR) is 49.2 cm³/mol. The second kappa shape index (κ2) is 2.90. The summed E-state index contributed by atoms with van der Waals surface area (Å²) in [5.74, 6) is 0. The number of hydrogen-bond donors (Lipinski definition) is 2. The molecule has 3 N–H and O–H groups in total. The summed E-state index contributed by atoms with van der Waals surface area (Å²) in [6.45, 7) is 3.14. The van der Waals surface area contributed by atoms with Crippen LogP contribution in [-0.2, 0) is 0 Å². The summed E-state index contributed by atoms with van der Waals surface area (Å²) in [4.78, 5) is 0. The molecule has 0 saturated heterocycles. The van der Waals surface area contributed by atoms with Gasteiger partial charge < -0.3 is 15.5 Å². The van der Waals surface area contributed by atoms with Crippen LogP contribution in [0.3, 0.4) is 0 Å². The number of nitrogens with one attached hydrogen (secondary N) is 1. The van der Waals surface area contributed by atoms with Gasteiger partial charge in [-0.2, -0.15) is 0 Å². The minimum Gasteiger partial charge on any atom is -0.390 e. The highest BCUT2D eigenvalue weighted by molar-refractivity contribution is 5.23. The van der Waals surface area contributed by atoms with Crippen molar-refractivity contribution in [3.8, 4) is 0 Å². The topological polar surface area (TPSA) is 77.0 Å².